The number of carboxylic acids is 1. The van der Waals surface area contributed by atoms with Gasteiger partial charge >= 0.3 is 5.97 Å². The normalized spacial score (nSPS) is 12.5. The molecule has 0 aromatic carbocycles. The summed E-state index contributed by atoms with van der Waals surface area (Å²) in [6, 6.07) is -1.11. The number of carbonyl (C=O) groups is 2. The predicted octanol–water partition coefficient (Wildman–Crippen LogP) is 1.53. The van der Waals surface area contributed by atoms with Crippen LogP contribution >= 0.6 is 11.3 Å². The van der Waals surface area contributed by atoms with E-state index in [1.807, 2.05) is 0 Å². The summed E-state index contributed by atoms with van der Waals surface area (Å²) < 4.78 is 0. The van der Waals surface area contributed by atoms with Crippen LogP contribution in [0.3, 0.4) is 0 Å². The molecule has 1 heterocycles. The zero-order valence-electron chi connectivity index (χ0n) is 9.38. The number of hydrogen-bond donors (Lipinski definition) is 1. The van der Waals surface area contributed by atoms with E-state index < -0.39 is 12.0 Å². The Morgan fingerprint density at radius 3 is 2.44 bits per heavy atom. The third-order valence-corrected chi connectivity index (χ3v) is 2.98. The van der Waals surface area contributed by atoms with E-state index in [1.165, 1.54) is 29.4 Å². The fourth-order valence-corrected chi connectivity index (χ4v) is 2.29. The van der Waals surface area contributed by atoms with Crippen molar-refractivity contribution in [3.8, 4) is 0 Å². The lowest BCUT2D eigenvalue weighted by atomic mass is 10.1. The van der Waals surface area contributed by atoms with E-state index in [2.05, 4.69) is 4.98 Å². The molecule has 88 valence electrons. The number of carbonyl (C=O) groups excluding carboxylic acids is 1. The van der Waals surface area contributed by atoms with E-state index in [0.29, 0.717) is 4.88 Å². The monoisotopic (exact) mass is 242 g/mol. The van der Waals surface area contributed by atoms with Crippen molar-refractivity contribution in [1.29, 1.82) is 0 Å². The highest BCUT2D eigenvalue weighted by atomic mass is 32.1. The van der Waals surface area contributed by atoms with Crippen LogP contribution in [0.1, 0.15) is 31.7 Å². The second kappa shape index (κ2) is 5.07. The van der Waals surface area contributed by atoms with Crippen molar-refractivity contribution in [2.45, 2.75) is 32.9 Å². The lowest BCUT2D eigenvalue weighted by molar-refractivity contribution is -0.151. The number of carboxylic acid groups (broad SMARTS) is 1. The van der Waals surface area contributed by atoms with Gasteiger partial charge in [0.15, 0.2) is 6.04 Å². The van der Waals surface area contributed by atoms with Gasteiger partial charge in [0, 0.05) is 19.2 Å². The van der Waals surface area contributed by atoms with Gasteiger partial charge in [0.25, 0.3) is 0 Å². The van der Waals surface area contributed by atoms with Crippen LogP contribution < -0.4 is 0 Å². The highest BCUT2D eigenvalue weighted by molar-refractivity contribution is 7.09. The van der Waals surface area contributed by atoms with Crippen molar-refractivity contribution in [2.75, 3.05) is 0 Å². The molecule has 0 saturated heterocycles. The highest BCUT2D eigenvalue weighted by Crippen LogP contribution is 2.26. The lowest BCUT2D eigenvalue weighted by Gasteiger charge is -2.30. The second-order valence-corrected chi connectivity index (χ2v) is 4.58. The van der Waals surface area contributed by atoms with E-state index in [0.717, 1.165) is 0 Å². The molecule has 1 amide bonds. The summed E-state index contributed by atoms with van der Waals surface area (Å²) >= 11 is 1.24. The summed E-state index contributed by atoms with van der Waals surface area (Å²) in [5, 5.41) is 9.20. The van der Waals surface area contributed by atoms with E-state index in [4.69, 9.17) is 0 Å². The third-order valence-electron chi connectivity index (χ3n) is 2.15. The summed E-state index contributed by atoms with van der Waals surface area (Å²) in [5.41, 5.74) is 1.56. The van der Waals surface area contributed by atoms with Gasteiger partial charge in [-0.3, -0.25) is 9.78 Å². The van der Waals surface area contributed by atoms with Crippen LogP contribution in [0.5, 0.6) is 0 Å². The van der Waals surface area contributed by atoms with Crippen molar-refractivity contribution in [3.63, 3.8) is 0 Å². The molecule has 0 spiro atoms. The second-order valence-electron chi connectivity index (χ2n) is 3.66. The Morgan fingerprint density at radius 1 is 1.50 bits per heavy atom. The van der Waals surface area contributed by atoms with Crippen molar-refractivity contribution < 1.29 is 14.7 Å². The van der Waals surface area contributed by atoms with E-state index in [9.17, 15) is 14.7 Å². The molecule has 1 aromatic rings. The maximum absolute atomic E-state index is 11.5. The summed E-state index contributed by atoms with van der Waals surface area (Å²) in [4.78, 5) is 28.5. The Bertz CT molecular complexity index is 375. The van der Waals surface area contributed by atoms with Crippen LogP contribution in [-0.2, 0) is 9.59 Å². The van der Waals surface area contributed by atoms with Crippen molar-refractivity contribution in [1.82, 2.24) is 9.88 Å². The largest absolute Gasteiger partial charge is 0.479 e. The first-order chi connectivity index (χ1) is 7.45. The predicted molar refractivity (Wildman–Crippen MR) is 60.1 cm³/mol. The maximum atomic E-state index is 11.5. The van der Waals surface area contributed by atoms with Gasteiger partial charge < -0.3 is 10.0 Å². The van der Waals surface area contributed by atoms with Crippen LogP contribution in [0.25, 0.3) is 0 Å². The molecule has 1 rings (SSSR count). The minimum atomic E-state index is -1.03. The first-order valence-corrected chi connectivity index (χ1v) is 5.73. The zero-order valence-corrected chi connectivity index (χ0v) is 10.2. The molecule has 0 bridgehead atoms. The molecule has 0 fully saturated rings. The number of aromatic nitrogens is 1. The van der Waals surface area contributed by atoms with Crippen molar-refractivity contribution in [3.05, 3.63) is 16.6 Å². The molecule has 0 saturated carbocycles. The van der Waals surface area contributed by atoms with Gasteiger partial charge in [-0.1, -0.05) is 0 Å². The van der Waals surface area contributed by atoms with Crippen LogP contribution in [0, 0.1) is 0 Å². The van der Waals surface area contributed by atoms with Gasteiger partial charge in [-0.25, -0.2) is 4.79 Å². The number of rotatable bonds is 4. The summed E-state index contributed by atoms with van der Waals surface area (Å²) in [5.74, 6) is -1.29. The fraction of sp³-hybridized carbons (Fsp3) is 0.500. The van der Waals surface area contributed by atoms with Crippen LogP contribution in [0.4, 0.5) is 0 Å². The zero-order chi connectivity index (χ0) is 12.3. The molecule has 1 aromatic heterocycles. The number of hydrogen-bond acceptors (Lipinski definition) is 4. The van der Waals surface area contributed by atoms with Gasteiger partial charge in [0.05, 0.1) is 10.4 Å². The van der Waals surface area contributed by atoms with Crippen LogP contribution in [0.15, 0.2) is 11.7 Å². The van der Waals surface area contributed by atoms with E-state index in [1.54, 1.807) is 19.4 Å². The van der Waals surface area contributed by atoms with Crippen molar-refractivity contribution >= 4 is 23.2 Å². The molecule has 0 radical (unpaired) electrons. The third kappa shape index (κ3) is 2.57. The summed E-state index contributed by atoms with van der Waals surface area (Å²) in [6.07, 6.45) is 1.49. The standard InChI is InChI=1S/C10H14N2O3S/c1-6(2)12(7(3)13)9(10(14)15)8-4-11-5-16-8/h4-6,9H,1-3H3,(H,14,15). The first-order valence-electron chi connectivity index (χ1n) is 4.85. The van der Waals surface area contributed by atoms with Gasteiger partial charge in [-0.05, 0) is 13.8 Å². The average molecular weight is 242 g/mol. The summed E-state index contributed by atoms with van der Waals surface area (Å²) in [7, 11) is 0. The minimum absolute atomic E-state index is 0.166. The number of nitrogens with zero attached hydrogens (tertiary/aromatic N) is 2. The number of amides is 1. The lowest BCUT2D eigenvalue weighted by Crippen LogP contribution is -2.41. The maximum Gasteiger partial charge on any atom is 0.332 e. The molecule has 0 aliphatic heterocycles. The highest BCUT2D eigenvalue weighted by Gasteiger charge is 2.32. The van der Waals surface area contributed by atoms with E-state index >= 15 is 0 Å². The molecule has 1 atom stereocenters. The average Bonchev–Trinajstić information content (AvgIpc) is 2.64. The Hall–Kier alpha value is -1.43. The molecule has 5 nitrogen and oxygen atoms in total. The van der Waals surface area contributed by atoms with Crippen molar-refractivity contribution in [2.24, 2.45) is 0 Å². The SMILES string of the molecule is CC(=O)N(C(C)C)C(C(=O)O)c1cncs1. The molecule has 16 heavy (non-hydrogen) atoms. The molecule has 1 N–H and O–H groups in total. The Kier molecular flexibility index (Phi) is 4.00. The topological polar surface area (TPSA) is 70.5 Å². The molecule has 0 aliphatic rings. The van der Waals surface area contributed by atoms with Gasteiger partial charge in [0.1, 0.15) is 0 Å². The van der Waals surface area contributed by atoms with Crippen LogP contribution in [0.2, 0.25) is 0 Å². The Balaban J connectivity index is 3.10. The molecule has 6 heteroatoms. The van der Waals surface area contributed by atoms with Gasteiger partial charge in [-0.15, -0.1) is 11.3 Å². The van der Waals surface area contributed by atoms with Gasteiger partial charge in [0.2, 0.25) is 5.91 Å². The fourth-order valence-electron chi connectivity index (χ4n) is 1.58. The Morgan fingerprint density at radius 2 is 2.12 bits per heavy atom. The first kappa shape index (κ1) is 12.6. The number of aliphatic carboxylic acids is 1. The number of thiazole rings is 1. The quantitative estimate of drug-likeness (QED) is 0.869. The molecular weight excluding hydrogens is 228 g/mol. The summed E-state index contributed by atoms with van der Waals surface area (Å²) in [6.45, 7) is 4.95. The molecular formula is C10H14N2O3S. The smallest absolute Gasteiger partial charge is 0.332 e. The van der Waals surface area contributed by atoms with Crippen LogP contribution in [-0.4, -0.2) is 32.9 Å². The Labute approximate surface area is 97.7 Å². The van der Waals surface area contributed by atoms with E-state index in [-0.39, 0.29) is 11.9 Å². The molecule has 1 unspecified atom stereocenters. The molecule has 0 aliphatic carbocycles. The minimum Gasteiger partial charge on any atom is -0.479 e. The van der Waals surface area contributed by atoms with Gasteiger partial charge in [-0.2, -0.15) is 0 Å².